The van der Waals surface area contributed by atoms with Crippen LogP contribution in [0, 0.1) is 0 Å². The predicted octanol–water partition coefficient (Wildman–Crippen LogP) is 0.141. The van der Waals surface area contributed by atoms with Gasteiger partial charge in [-0.05, 0) is 12.5 Å². The van der Waals surface area contributed by atoms with Crippen molar-refractivity contribution in [3.63, 3.8) is 0 Å². The number of nitrogens with one attached hydrogen (secondary N) is 2. The summed E-state index contributed by atoms with van der Waals surface area (Å²) in [6, 6.07) is 0.214. The highest BCUT2D eigenvalue weighted by atomic mass is 16.5. The number of ether oxygens (including phenoxy) is 1. The van der Waals surface area contributed by atoms with Crippen molar-refractivity contribution in [1.82, 2.24) is 20.7 Å². The second kappa shape index (κ2) is 8.90. The largest absolute Gasteiger partial charge is 0.383 e. The van der Waals surface area contributed by atoms with Crippen LogP contribution in [0.2, 0.25) is 0 Å². The van der Waals surface area contributed by atoms with Crippen LogP contribution in [0.5, 0.6) is 0 Å². The zero-order valence-corrected chi connectivity index (χ0v) is 12.2. The molecule has 6 heteroatoms. The highest BCUT2D eigenvalue weighted by Gasteiger charge is 2.24. The summed E-state index contributed by atoms with van der Waals surface area (Å²) in [7, 11) is 3.47. The van der Waals surface area contributed by atoms with E-state index in [1.54, 1.807) is 19.1 Å². The van der Waals surface area contributed by atoms with E-state index in [0.717, 1.165) is 44.7 Å². The summed E-state index contributed by atoms with van der Waals surface area (Å²) in [6.45, 7) is 5.43. The van der Waals surface area contributed by atoms with Gasteiger partial charge in [0.2, 0.25) is 6.41 Å². The molecule has 2 N–H and O–H groups in total. The number of hydrogen-bond donors (Lipinski definition) is 2. The van der Waals surface area contributed by atoms with Crippen LogP contribution >= 0.6 is 0 Å². The minimum Gasteiger partial charge on any atom is -0.383 e. The van der Waals surface area contributed by atoms with Crippen LogP contribution in [-0.4, -0.2) is 62.8 Å². The van der Waals surface area contributed by atoms with Gasteiger partial charge in [0.25, 0.3) is 0 Å². The lowest BCUT2D eigenvalue weighted by Gasteiger charge is -2.26. The summed E-state index contributed by atoms with van der Waals surface area (Å²) in [5, 5.41) is 5.37. The Kier molecular flexibility index (Phi) is 7.47. The zero-order chi connectivity index (χ0) is 14.1. The molecule has 0 fully saturated rings. The maximum atomic E-state index is 10.9. The average Bonchev–Trinajstić information content (AvgIpc) is 2.83. The molecule has 0 aromatic carbocycles. The Morgan fingerprint density at radius 2 is 2.42 bits per heavy atom. The van der Waals surface area contributed by atoms with Gasteiger partial charge < -0.3 is 15.0 Å². The number of rotatable bonds is 10. The third kappa shape index (κ3) is 5.18. The number of carbonyl (C=O) groups excluding carboxylic acids is 1. The van der Waals surface area contributed by atoms with E-state index in [1.165, 1.54) is 0 Å². The van der Waals surface area contributed by atoms with Gasteiger partial charge in [0.15, 0.2) is 0 Å². The van der Waals surface area contributed by atoms with Gasteiger partial charge in [-0.1, -0.05) is 13.3 Å². The molecule has 19 heavy (non-hydrogen) atoms. The number of hydrogen-bond acceptors (Lipinski definition) is 5. The molecule has 1 atom stereocenters. The minimum atomic E-state index is 0.214. The molecule has 0 radical (unpaired) electrons. The highest BCUT2D eigenvalue weighted by Crippen LogP contribution is 2.14. The van der Waals surface area contributed by atoms with E-state index in [0.29, 0.717) is 6.61 Å². The van der Waals surface area contributed by atoms with E-state index in [1.807, 2.05) is 0 Å². The Hall–Kier alpha value is -1.11. The van der Waals surface area contributed by atoms with Gasteiger partial charge in [0.1, 0.15) is 5.82 Å². The van der Waals surface area contributed by atoms with Crippen LogP contribution in [0.15, 0.2) is 11.9 Å². The Bertz CT molecular complexity index is 296. The number of amides is 1. The van der Waals surface area contributed by atoms with Crippen molar-refractivity contribution in [2.75, 3.05) is 40.4 Å². The maximum absolute atomic E-state index is 10.9. The third-order valence-electron chi connectivity index (χ3n) is 3.05. The van der Waals surface area contributed by atoms with Crippen molar-refractivity contribution in [2.45, 2.75) is 25.8 Å². The van der Waals surface area contributed by atoms with E-state index in [2.05, 4.69) is 28.8 Å². The van der Waals surface area contributed by atoms with Crippen LogP contribution in [0.4, 0.5) is 0 Å². The fraction of sp³-hybridized carbons (Fsp3) is 0.769. The second-order valence-electron chi connectivity index (χ2n) is 4.68. The van der Waals surface area contributed by atoms with E-state index < -0.39 is 0 Å². The summed E-state index contributed by atoms with van der Waals surface area (Å²) in [5.41, 5.74) is 3.40. The van der Waals surface area contributed by atoms with Crippen LogP contribution in [-0.2, 0) is 9.53 Å². The van der Waals surface area contributed by atoms with Crippen molar-refractivity contribution in [3.05, 3.63) is 11.9 Å². The Morgan fingerprint density at radius 1 is 1.63 bits per heavy atom. The topological polar surface area (TPSA) is 56.8 Å². The predicted molar refractivity (Wildman–Crippen MR) is 75.2 cm³/mol. The van der Waals surface area contributed by atoms with E-state index >= 15 is 0 Å². The molecule has 1 heterocycles. The molecular weight excluding hydrogens is 244 g/mol. The van der Waals surface area contributed by atoms with Crippen LogP contribution in [0.3, 0.4) is 0 Å². The standard InChI is InChI=1S/C13H26N4O2/c1-4-5-7-17-13(16(2)11-18)9-12(15-17)10-14-6-8-19-3/h9,11-12,14-15H,4-8,10H2,1-3H3. The summed E-state index contributed by atoms with van der Waals surface area (Å²) >= 11 is 0. The number of nitrogens with zero attached hydrogens (tertiary/aromatic N) is 2. The number of methoxy groups -OCH3 is 1. The summed E-state index contributed by atoms with van der Waals surface area (Å²) in [5.74, 6) is 0.932. The molecule has 1 rings (SSSR count). The maximum Gasteiger partial charge on any atom is 0.215 e. The lowest BCUT2D eigenvalue weighted by molar-refractivity contribution is -0.116. The van der Waals surface area contributed by atoms with Crippen molar-refractivity contribution in [2.24, 2.45) is 0 Å². The first-order valence-electron chi connectivity index (χ1n) is 6.86. The van der Waals surface area contributed by atoms with E-state index in [-0.39, 0.29) is 6.04 Å². The molecule has 0 aliphatic carbocycles. The molecule has 0 saturated carbocycles. The fourth-order valence-electron chi connectivity index (χ4n) is 1.97. The van der Waals surface area contributed by atoms with Gasteiger partial charge in [-0.3, -0.25) is 9.80 Å². The van der Waals surface area contributed by atoms with Gasteiger partial charge in [0.05, 0.1) is 12.6 Å². The lowest BCUT2D eigenvalue weighted by atomic mass is 10.3. The summed E-state index contributed by atoms with van der Waals surface area (Å²) < 4.78 is 4.99. The number of carbonyl (C=O) groups is 1. The molecule has 1 unspecified atom stereocenters. The average molecular weight is 270 g/mol. The first-order chi connectivity index (χ1) is 9.22. The van der Waals surface area contributed by atoms with Crippen LogP contribution < -0.4 is 10.7 Å². The van der Waals surface area contributed by atoms with E-state index in [9.17, 15) is 4.79 Å². The molecule has 110 valence electrons. The molecule has 1 aliphatic rings. The summed E-state index contributed by atoms with van der Waals surface area (Å²) in [6.07, 6.45) is 5.16. The molecule has 6 nitrogen and oxygen atoms in total. The SMILES string of the molecule is CCCCN1NC(CNCCOC)C=C1N(C)C=O. The molecule has 0 saturated heterocycles. The summed E-state index contributed by atoms with van der Waals surface area (Å²) in [4.78, 5) is 12.5. The first kappa shape index (κ1) is 15.9. The Morgan fingerprint density at radius 3 is 3.05 bits per heavy atom. The minimum absolute atomic E-state index is 0.214. The molecule has 0 aromatic rings. The van der Waals surface area contributed by atoms with Crippen LogP contribution in [0.25, 0.3) is 0 Å². The second-order valence-corrected chi connectivity index (χ2v) is 4.68. The van der Waals surface area contributed by atoms with Crippen molar-refractivity contribution < 1.29 is 9.53 Å². The number of hydrazine groups is 1. The van der Waals surface area contributed by atoms with Gasteiger partial charge in [-0.2, -0.15) is 0 Å². The van der Waals surface area contributed by atoms with Crippen LogP contribution in [0.1, 0.15) is 19.8 Å². The Balaban J connectivity index is 2.47. The first-order valence-corrected chi connectivity index (χ1v) is 6.86. The lowest BCUT2D eigenvalue weighted by Crippen LogP contribution is -2.44. The molecule has 1 aliphatic heterocycles. The normalized spacial score (nSPS) is 18.6. The highest BCUT2D eigenvalue weighted by molar-refractivity contribution is 5.50. The van der Waals surface area contributed by atoms with Crippen molar-refractivity contribution >= 4 is 6.41 Å². The molecule has 0 spiro atoms. The molecule has 0 bridgehead atoms. The monoisotopic (exact) mass is 270 g/mol. The third-order valence-corrected chi connectivity index (χ3v) is 3.05. The molecular formula is C13H26N4O2. The molecule has 1 amide bonds. The molecule has 0 aromatic heterocycles. The number of unbranched alkanes of at least 4 members (excludes halogenated alkanes) is 1. The van der Waals surface area contributed by atoms with Crippen molar-refractivity contribution in [1.29, 1.82) is 0 Å². The smallest absolute Gasteiger partial charge is 0.215 e. The van der Waals surface area contributed by atoms with Gasteiger partial charge in [0, 0.05) is 33.8 Å². The fourth-order valence-corrected chi connectivity index (χ4v) is 1.97. The van der Waals surface area contributed by atoms with Gasteiger partial charge in [-0.15, -0.1) is 0 Å². The quantitative estimate of drug-likeness (QED) is 0.437. The van der Waals surface area contributed by atoms with Crippen molar-refractivity contribution in [3.8, 4) is 0 Å². The van der Waals surface area contributed by atoms with Gasteiger partial charge >= 0.3 is 0 Å². The zero-order valence-electron chi connectivity index (χ0n) is 12.2. The van der Waals surface area contributed by atoms with E-state index in [4.69, 9.17) is 4.74 Å². The Labute approximate surface area is 115 Å². The van der Waals surface area contributed by atoms with Gasteiger partial charge in [-0.25, -0.2) is 5.43 Å².